The molecule has 0 aliphatic heterocycles. The Morgan fingerprint density at radius 2 is 2.00 bits per heavy atom. The van der Waals surface area contributed by atoms with Crippen LogP contribution < -0.4 is 4.74 Å². The quantitative estimate of drug-likeness (QED) is 0.689. The van der Waals surface area contributed by atoms with Gasteiger partial charge in [-0.25, -0.2) is 4.39 Å². The van der Waals surface area contributed by atoms with Gasteiger partial charge in [0, 0.05) is 11.6 Å². The van der Waals surface area contributed by atoms with E-state index in [-0.39, 0.29) is 22.7 Å². The van der Waals surface area contributed by atoms with Crippen molar-refractivity contribution < 1.29 is 19.2 Å². The van der Waals surface area contributed by atoms with E-state index in [1.807, 2.05) is 0 Å². The highest BCUT2D eigenvalue weighted by Gasteiger charge is 2.20. The molecule has 0 aliphatic carbocycles. The molecule has 0 radical (unpaired) electrons. The van der Waals surface area contributed by atoms with Crippen LogP contribution in [0.3, 0.4) is 0 Å². The third-order valence-corrected chi connectivity index (χ3v) is 3.00. The molecular formula is C15H14FNO4. The highest BCUT2D eigenvalue weighted by Crippen LogP contribution is 2.37. The lowest BCUT2D eigenvalue weighted by Gasteiger charge is -2.12. The largest absolute Gasteiger partial charge is 0.449 e. The number of nitrogens with zero attached hydrogens (tertiary/aromatic N) is 1. The molecule has 0 aliphatic rings. The normalized spacial score (nSPS) is 10.5. The second kappa shape index (κ2) is 5.88. The summed E-state index contributed by atoms with van der Waals surface area (Å²) < 4.78 is 18.7. The van der Waals surface area contributed by atoms with Gasteiger partial charge >= 0.3 is 5.69 Å². The minimum atomic E-state index is -0.530. The molecule has 0 amide bonds. The third-order valence-electron chi connectivity index (χ3n) is 3.00. The van der Waals surface area contributed by atoms with Crippen LogP contribution in [0.5, 0.6) is 11.5 Å². The van der Waals surface area contributed by atoms with Crippen LogP contribution in [0.4, 0.5) is 10.1 Å². The highest BCUT2D eigenvalue weighted by atomic mass is 19.1. The number of hydrogen-bond donors (Lipinski definition) is 1. The van der Waals surface area contributed by atoms with Gasteiger partial charge in [0.15, 0.2) is 0 Å². The topological polar surface area (TPSA) is 72.6 Å². The average Bonchev–Trinajstić information content (AvgIpc) is 2.42. The van der Waals surface area contributed by atoms with Crippen molar-refractivity contribution in [2.24, 2.45) is 0 Å². The van der Waals surface area contributed by atoms with Crippen LogP contribution in [-0.4, -0.2) is 10.0 Å². The molecule has 0 aromatic heterocycles. The Bertz CT molecular complexity index is 700. The van der Waals surface area contributed by atoms with Gasteiger partial charge in [0.25, 0.3) is 0 Å². The number of benzene rings is 2. The van der Waals surface area contributed by atoms with Crippen molar-refractivity contribution in [1.82, 2.24) is 0 Å². The molecule has 0 heterocycles. The summed E-state index contributed by atoms with van der Waals surface area (Å²) in [5.74, 6) is -0.234. The lowest BCUT2D eigenvalue weighted by molar-refractivity contribution is -0.385. The van der Waals surface area contributed by atoms with Crippen molar-refractivity contribution >= 4 is 5.69 Å². The summed E-state index contributed by atoms with van der Waals surface area (Å²) in [6, 6.07) is 6.80. The molecule has 2 aromatic carbocycles. The maximum Gasteiger partial charge on any atom is 0.312 e. The van der Waals surface area contributed by atoms with E-state index in [0.29, 0.717) is 5.56 Å². The lowest BCUT2D eigenvalue weighted by Crippen LogP contribution is -1.99. The number of ether oxygens (including phenoxy) is 1. The van der Waals surface area contributed by atoms with Crippen LogP contribution in [0.1, 0.15) is 16.7 Å². The molecule has 0 spiro atoms. The zero-order chi connectivity index (χ0) is 15.6. The van der Waals surface area contributed by atoms with Crippen LogP contribution in [0.15, 0.2) is 30.3 Å². The summed E-state index contributed by atoms with van der Waals surface area (Å²) in [5, 5.41) is 20.4. The number of nitro groups is 1. The van der Waals surface area contributed by atoms with Crippen LogP contribution in [0.2, 0.25) is 0 Å². The van der Waals surface area contributed by atoms with E-state index < -0.39 is 17.3 Å². The molecule has 2 rings (SSSR count). The first-order chi connectivity index (χ1) is 9.92. The second-order valence-corrected chi connectivity index (χ2v) is 4.70. The molecule has 1 N–H and O–H groups in total. The van der Waals surface area contributed by atoms with Gasteiger partial charge in [-0.2, -0.15) is 0 Å². The first-order valence-corrected chi connectivity index (χ1v) is 6.25. The van der Waals surface area contributed by atoms with E-state index in [4.69, 9.17) is 4.74 Å². The van der Waals surface area contributed by atoms with Crippen molar-refractivity contribution in [3.05, 3.63) is 63.0 Å². The maximum atomic E-state index is 13.1. The maximum absolute atomic E-state index is 13.1. The SMILES string of the molecule is Cc1cc(C)c(Oc2ccc(F)cc2CO)c([N+](=O)[O-])c1. The number of aliphatic hydroxyl groups is 1. The molecular weight excluding hydrogens is 277 g/mol. The number of hydrogen-bond acceptors (Lipinski definition) is 4. The first-order valence-electron chi connectivity index (χ1n) is 6.25. The van der Waals surface area contributed by atoms with E-state index in [0.717, 1.165) is 11.6 Å². The summed E-state index contributed by atoms with van der Waals surface area (Å²) in [4.78, 5) is 10.6. The summed E-state index contributed by atoms with van der Waals surface area (Å²) >= 11 is 0. The molecule has 0 fully saturated rings. The van der Waals surface area contributed by atoms with Gasteiger partial charge in [-0.3, -0.25) is 10.1 Å². The zero-order valence-corrected chi connectivity index (χ0v) is 11.6. The van der Waals surface area contributed by atoms with Crippen LogP contribution >= 0.6 is 0 Å². The Balaban J connectivity index is 2.51. The van der Waals surface area contributed by atoms with Crippen molar-refractivity contribution in [2.45, 2.75) is 20.5 Å². The van der Waals surface area contributed by atoms with Crippen molar-refractivity contribution in [2.75, 3.05) is 0 Å². The van der Waals surface area contributed by atoms with Gasteiger partial charge in [-0.1, -0.05) is 6.07 Å². The Kier molecular flexibility index (Phi) is 4.18. The average molecular weight is 291 g/mol. The molecule has 2 aromatic rings. The Morgan fingerprint density at radius 3 is 2.62 bits per heavy atom. The Labute approximate surface area is 120 Å². The van der Waals surface area contributed by atoms with E-state index in [1.54, 1.807) is 19.9 Å². The van der Waals surface area contributed by atoms with Crippen molar-refractivity contribution in [3.8, 4) is 11.5 Å². The van der Waals surface area contributed by atoms with Crippen molar-refractivity contribution in [1.29, 1.82) is 0 Å². The van der Waals surface area contributed by atoms with Crippen LogP contribution in [0, 0.1) is 29.8 Å². The lowest BCUT2D eigenvalue weighted by atomic mass is 10.1. The highest BCUT2D eigenvalue weighted by molar-refractivity contribution is 5.55. The predicted octanol–water partition coefficient (Wildman–Crippen LogP) is 3.64. The van der Waals surface area contributed by atoms with Gasteiger partial charge in [-0.15, -0.1) is 0 Å². The van der Waals surface area contributed by atoms with E-state index >= 15 is 0 Å². The number of aliphatic hydroxyl groups excluding tert-OH is 1. The minimum absolute atomic E-state index is 0.0897. The number of rotatable bonds is 4. The molecule has 6 heteroatoms. The monoisotopic (exact) mass is 291 g/mol. The summed E-state index contributed by atoms with van der Waals surface area (Å²) in [5.41, 5.74) is 1.40. The van der Waals surface area contributed by atoms with Gasteiger partial charge in [-0.05, 0) is 43.2 Å². The fourth-order valence-electron chi connectivity index (χ4n) is 2.08. The fourth-order valence-corrected chi connectivity index (χ4v) is 2.08. The molecule has 5 nitrogen and oxygen atoms in total. The Hall–Kier alpha value is -2.47. The molecule has 0 saturated heterocycles. The molecule has 0 saturated carbocycles. The molecule has 0 atom stereocenters. The third kappa shape index (κ3) is 3.17. The van der Waals surface area contributed by atoms with Gasteiger partial charge in [0.1, 0.15) is 11.6 Å². The molecule has 0 bridgehead atoms. The van der Waals surface area contributed by atoms with Crippen molar-refractivity contribution in [3.63, 3.8) is 0 Å². The molecule has 21 heavy (non-hydrogen) atoms. The smallest absolute Gasteiger partial charge is 0.312 e. The van der Waals surface area contributed by atoms with E-state index in [9.17, 15) is 19.6 Å². The number of aryl methyl sites for hydroxylation is 2. The zero-order valence-electron chi connectivity index (χ0n) is 11.6. The predicted molar refractivity (Wildman–Crippen MR) is 75.0 cm³/mol. The molecule has 0 unspecified atom stereocenters. The van der Waals surface area contributed by atoms with E-state index in [1.165, 1.54) is 18.2 Å². The van der Waals surface area contributed by atoms with Gasteiger partial charge < -0.3 is 9.84 Å². The minimum Gasteiger partial charge on any atom is -0.449 e. The summed E-state index contributed by atoms with van der Waals surface area (Å²) in [6.07, 6.45) is 0. The van der Waals surface area contributed by atoms with Gasteiger partial charge in [0.2, 0.25) is 5.75 Å². The number of halogens is 1. The summed E-state index contributed by atoms with van der Waals surface area (Å²) in [6.45, 7) is 3.02. The molecule has 110 valence electrons. The van der Waals surface area contributed by atoms with Gasteiger partial charge in [0.05, 0.1) is 11.5 Å². The first kappa shape index (κ1) is 14.9. The fraction of sp³-hybridized carbons (Fsp3) is 0.200. The van der Waals surface area contributed by atoms with Crippen LogP contribution in [-0.2, 0) is 6.61 Å². The Morgan fingerprint density at radius 1 is 1.29 bits per heavy atom. The summed E-state index contributed by atoms with van der Waals surface area (Å²) in [7, 11) is 0. The second-order valence-electron chi connectivity index (χ2n) is 4.70. The standard InChI is InChI=1S/C15H14FNO4/c1-9-5-10(2)15(13(6-9)17(19)20)21-14-4-3-12(16)7-11(14)8-18/h3-7,18H,8H2,1-2H3. The van der Waals surface area contributed by atoms with Crippen LogP contribution in [0.25, 0.3) is 0 Å². The number of nitro benzene ring substituents is 1. The van der Waals surface area contributed by atoms with E-state index in [2.05, 4.69) is 0 Å².